The Kier molecular flexibility index (Phi) is 12.2. The standard InChI is InChI=1S/C21H33N5O3.HI/c1-5-16(6-2)18-13-17(29-26-18)14-25-21(22-7-3)24-11-8-10-23-20(27)19-15(4)9-12-28-19;/h9,12-13,16H,5-8,10-11,14H2,1-4H3,(H,23,27)(H2,22,24,25);1H. The molecule has 2 rings (SSSR count). The van der Waals surface area contributed by atoms with Crippen LogP contribution in [0, 0.1) is 6.92 Å². The van der Waals surface area contributed by atoms with Gasteiger partial charge in [0.2, 0.25) is 0 Å². The number of nitrogens with one attached hydrogen (secondary N) is 3. The number of hydrogen-bond acceptors (Lipinski definition) is 5. The van der Waals surface area contributed by atoms with Crippen LogP contribution in [0.5, 0.6) is 0 Å². The molecule has 0 aliphatic heterocycles. The SMILES string of the molecule is CCNC(=NCc1cc(C(CC)CC)no1)NCCCNC(=O)c1occc1C.I. The van der Waals surface area contributed by atoms with Gasteiger partial charge in [0, 0.05) is 37.2 Å². The molecule has 0 spiro atoms. The number of rotatable bonds is 11. The molecule has 8 nitrogen and oxygen atoms in total. The molecule has 0 saturated heterocycles. The molecule has 1 amide bonds. The number of amides is 1. The second-order valence-corrected chi connectivity index (χ2v) is 6.90. The molecule has 2 aromatic heterocycles. The second kappa shape index (κ2) is 14.1. The van der Waals surface area contributed by atoms with Gasteiger partial charge >= 0.3 is 0 Å². The lowest BCUT2D eigenvalue weighted by Gasteiger charge is -2.11. The van der Waals surface area contributed by atoms with E-state index in [1.54, 1.807) is 6.07 Å². The first-order valence-electron chi connectivity index (χ1n) is 10.4. The van der Waals surface area contributed by atoms with Gasteiger partial charge < -0.3 is 24.9 Å². The third-order valence-electron chi connectivity index (χ3n) is 4.72. The van der Waals surface area contributed by atoms with Crippen molar-refractivity contribution in [1.82, 2.24) is 21.1 Å². The predicted octanol–water partition coefficient (Wildman–Crippen LogP) is 3.97. The van der Waals surface area contributed by atoms with E-state index in [0.717, 1.165) is 42.8 Å². The van der Waals surface area contributed by atoms with Gasteiger partial charge in [0.15, 0.2) is 17.5 Å². The Morgan fingerprint density at radius 1 is 1.17 bits per heavy atom. The first-order chi connectivity index (χ1) is 14.1. The maximum atomic E-state index is 12.0. The number of carbonyl (C=O) groups excluding carboxylic acids is 1. The predicted molar refractivity (Wildman–Crippen MR) is 128 cm³/mol. The van der Waals surface area contributed by atoms with E-state index in [0.29, 0.717) is 37.3 Å². The number of hydrogen-bond donors (Lipinski definition) is 3. The number of aromatic nitrogens is 1. The van der Waals surface area contributed by atoms with Crippen LogP contribution in [0.1, 0.15) is 73.5 Å². The maximum absolute atomic E-state index is 12.0. The van der Waals surface area contributed by atoms with Crippen molar-refractivity contribution in [3.63, 3.8) is 0 Å². The van der Waals surface area contributed by atoms with Gasteiger partial charge in [0.05, 0.1) is 12.0 Å². The van der Waals surface area contributed by atoms with Crippen molar-refractivity contribution in [3.8, 4) is 0 Å². The van der Waals surface area contributed by atoms with Gasteiger partial charge in [-0.1, -0.05) is 19.0 Å². The average Bonchev–Trinajstić information content (AvgIpc) is 3.36. The summed E-state index contributed by atoms with van der Waals surface area (Å²) < 4.78 is 10.6. The zero-order chi connectivity index (χ0) is 21.1. The fraction of sp³-hybridized carbons (Fsp3) is 0.571. The Bertz CT molecular complexity index is 783. The van der Waals surface area contributed by atoms with Gasteiger partial charge in [-0.2, -0.15) is 0 Å². The third-order valence-corrected chi connectivity index (χ3v) is 4.72. The van der Waals surface area contributed by atoms with Crippen LogP contribution in [-0.2, 0) is 6.54 Å². The number of carbonyl (C=O) groups is 1. The van der Waals surface area contributed by atoms with Gasteiger partial charge in [-0.3, -0.25) is 4.79 Å². The van der Waals surface area contributed by atoms with Crippen molar-refractivity contribution in [2.75, 3.05) is 19.6 Å². The van der Waals surface area contributed by atoms with E-state index in [4.69, 9.17) is 8.94 Å². The number of nitrogens with zero attached hydrogens (tertiary/aromatic N) is 2. The summed E-state index contributed by atoms with van der Waals surface area (Å²) in [5, 5.41) is 13.5. The molecule has 0 atom stereocenters. The zero-order valence-corrected chi connectivity index (χ0v) is 20.6. The lowest BCUT2D eigenvalue weighted by atomic mass is 9.99. The summed E-state index contributed by atoms with van der Waals surface area (Å²) in [6.07, 6.45) is 4.38. The largest absolute Gasteiger partial charge is 0.459 e. The van der Waals surface area contributed by atoms with Gasteiger partial charge in [-0.25, -0.2) is 4.99 Å². The fourth-order valence-electron chi connectivity index (χ4n) is 2.98. The Hall–Kier alpha value is -2.04. The van der Waals surface area contributed by atoms with Gasteiger partial charge in [-0.05, 0) is 39.2 Å². The summed E-state index contributed by atoms with van der Waals surface area (Å²) >= 11 is 0. The molecule has 0 bridgehead atoms. The van der Waals surface area contributed by atoms with Crippen molar-refractivity contribution in [1.29, 1.82) is 0 Å². The third kappa shape index (κ3) is 8.00. The molecule has 0 aliphatic rings. The lowest BCUT2D eigenvalue weighted by molar-refractivity contribution is 0.0925. The van der Waals surface area contributed by atoms with E-state index < -0.39 is 0 Å². The first-order valence-corrected chi connectivity index (χ1v) is 10.4. The summed E-state index contributed by atoms with van der Waals surface area (Å²) in [5.74, 6) is 2.08. The van der Waals surface area contributed by atoms with Crippen LogP contribution in [-0.4, -0.2) is 36.7 Å². The molecular formula is C21H34IN5O3. The molecule has 0 aromatic carbocycles. The minimum atomic E-state index is -0.188. The molecule has 0 fully saturated rings. The molecule has 3 N–H and O–H groups in total. The minimum absolute atomic E-state index is 0. The van der Waals surface area contributed by atoms with E-state index in [1.807, 2.05) is 19.9 Å². The summed E-state index contributed by atoms with van der Waals surface area (Å²) in [6.45, 7) is 10.6. The molecular weight excluding hydrogens is 497 g/mol. The average molecular weight is 531 g/mol. The van der Waals surface area contributed by atoms with Gasteiger partial charge in [0.1, 0.15) is 6.54 Å². The molecule has 0 radical (unpaired) electrons. The Labute approximate surface area is 195 Å². The lowest BCUT2D eigenvalue weighted by Crippen LogP contribution is -2.38. The van der Waals surface area contributed by atoms with Gasteiger partial charge in [-0.15, -0.1) is 24.0 Å². The number of aryl methyl sites for hydroxylation is 1. The van der Waals surface area contributed by atoms with Crippen molar-refractivity contribution in [3.05, 3.63) is 41.2 Å². The Morgan fingerprint density at radius 3 is 2.53 bits per heavy atom. The van der Waals surface area contributed by atoms with E-state index in [-0.39, 0.29) is 29.9 Å². The smallest absolute Gasteiger partial charge is 0.287 e. The zero-order valence-electron chi connectivity index (χ0n) is 18.3. The number of aliphatic imine (C=N–C) groups is 1. The normalized spacial score (nSPS) is 11.3. The molecule has 2 aromatic rings. The maximum Gasteiger partial charge on any atom is 0.287 e. The van der Waals surface area contributed by atoms with Gasteiger partial charge in [0.25, 0.3) is 5.91 Å². The van der Waals surface area contributed by atoms with Crippen LogP contribution >= 0.6 is 24.0 Å². The first kappa shape index (κ1) is 26.0. The summed E-state index contributed by atoms with van der Waals surface area (Å²) in [5.41, 5.74) is 1.84. The molecule has 0 aliphatic carbocycles. The molecule has 0 unspecified atom stereocenters. The van der Waals surface area contributed by atoms with Crippen LogP contribution in [0.2, 0.25) is 0 Å². The second-order valence-electron chi connectivity index (χ2n) is 6.90. The highest BCUT2D eigenvalue weighted by atomic mass is 127. The fourth-order valence-corrected chi connectivity index (χ4v) is 2.98. The van der Waals surface area contributed by atoms with E-state index >= 15 is 0 Å². The van der Waals surface area contributed by atoms with Crippen LogP contribution in [0.15, 0.2) is 32.3 Å². The highest BCUT2D eigenvalue weighted by molar-refractivity contribution is 14.0. The molecule has 9 heteroatoms. The number of guanidine groups is 1. The molecule has 168 valence electrons. The van der Waals surface area contributed by atoms with E-state index in [1.165, 1.54) is 6.26 Å². The molecule has 30 heavy (non-hydrogen) atoms. The summed E-state index contributed by atoms with van der Waals surface area (Å²) in [6, 6.07) is 3.77. The van der Waals surface area contributed by atoms with Crippen molar-refractivity contribution in [2.24, 2.45) is 4.99 Å². The Balaban J connectivity index is 0.00000450. The molecule has 2 heterocycles. The molecule has 0 saturated carbocycles. The number of furan rings is 1. The van der Waals surface area contributed by atoms with Crippen LogP contribution < -0.4 is 16.0 Å². The minimum Gasteiger partial charge on any atom is -0.459 e. The summed E-state index contributed by atoms with van der Waals surface area (Å²) in [7, 11) is 0. The van der Waals surface area contributed by atoms with Crippen LogP contribution in [0.4, 0.5) is 0 Å². The van der Waals surface area contributed by atoms with Crippen LogP contribution in [0.3, 0.4) is 0 Å². The van der Waals surface area contributed by atoms with Crippen LogP contribution in [0.25, 0.3) is 0 Å². The number of halogens is 1. The summed E-state index contributed by atoms with van der Waals surface area (Å²) in [4.78, 5) is 16.6. The monoisotopic (exact) mass is 531 g/mol. The van der Waals surface area contributed by atoms with Crippen molar-refractivity contribution >= 4 is 35.8 Å². The Morgan fingerprint density at radius 2 is 1.90 bits per heavy atom. The quantitative estimate of drug-likeness (QED) is 0.176. The van der Waals surface area contributed by atoms with E-state index in [2.05, 4.69) is 39.9 Å². The topological polar surface area (TPSA) is 105 Å². The van der Waals surface area contributed by atoms with Crippen molar-refractivity contribution < 1.29 is 13.7 Å². The highest BCUT2D eigenvalue weighted by Crippen LogP contribution is 2.22. The van der Waals surface area contributed by atoms with Crippen molar-refractivity contribution in [2.45, 2.75) is 59.4 Å². The van der Waals surface area contributed by atoms with E-state index in [9.17, 15) is 4.79 Å². The highest BCUT2D eigenvalue weighted by Gasteiger charge is 2.13.